The maximum atomic E-state index is 6.13. The molecule has 0 heterocycles. The van der Waals surface area contributed by atoms with Crippen LogP contribution in [0.2, 0.25) is 20.1 Å². The largest absolute Gasteiger partial charge is 0.0826 e. The molecule has 94 valence electrons. The van der Waals surface area contributed by atoms with E-state index in [-0.39, 0.29) is 5.02 Å². The van der Waals surface area contributed by atoms with Crippen LogP contribution in [0.1, 0.15) is 0 Å². The van der Waals surface area contributed by atoms with Crippen molar-refractivity contribution in [3.8, 4) is 0 Å². The molecule has 2 aromatic carbocycles. The molecule has 0 aliphatic heterocycles. The molecule has 0 N–H and O–H groups in total. The molecule has 0 nitrogen and oxygen atoms in total. The molecular formula is C12H6Cl4S2. The Morgan fingerprint density at radius 2 is 1.39 bits per heavy atom. The molecule has 2 aromatic rings. The molecule has 0 unspecified atom stereocenters. The van der Waals surface area contributed by atoms with Gasteiger partial charge in [-0.3, -0.25) is 0 Å². The third-order valence-corrected chi connectivity index (χ3v) is 6.32. The molecule has 0 aliphatic rings. The summed E-state index contributed by atoms with van der Waals surface area (Å²) in [6, 6.07) is 11.7. The summed E-state index contributed by atoms with van der Waals surface area (Å²) in [6.45, 7) is 0. The Hall–Kier alpha value is 0.300. The molecule has 0 atom stereocenters. The first-order chi connectivity index (χ1) is 8.59. The summed E-state index contributed by atoms with van der Waals surface area (Å²) in [7, 11) is 3.08. The molecule has 0 amide bonds. The quantitative estimate of drug-likeness (QED) is 0.327. The molecule has 0 bridgehead atoms. The van der Waals surface area contributed by atoms with Gasteiger partial charge in [0.1, 0.15) is 0 Å². The molecule has 18 heavy (non-hydrogen) atoms. The summed E-state index contributed by atoms with van der Waals surface area (Å²) >= 11 is 24.0. The Morgan fingerprint density at radius 3 is 2.06 bits per heavy atom. The SMILES string of the molecule is Clc1cc(SSc2ccccc2)c(Cl)c(Cl)c1Cl. The maximum absolute atomic E-state index is 6.13. The Bertz CT molecular complexity index is 558. The predicted octanol–water partition coefficient (Wildman–Crippen LogP) is 7.10. The summed E-state index contributed by atoms with van der Waals surface area (Å²) in [5.74, 6) is 0. The first-order valence-electron chi connectivity index (χ1n) is 4.82. The molecule has 6 heteroatoms. The van der Waals surface area contributed by atoms with Crippen LogP contribution in [0.3, 0.4) is 0 Å². The fourth-order valence-electron chi connectivity index (χ4n) is 1.18. The summed E-state index contributed by atoms with van der Waals surface area (Å²) in [4.78, 5) is 1.92. The minimum absolute atomic E-state index is 0.289. The van der Waals surface area contributed by atoms with E-state index in [4.69, 9.17) is 46.4 Å². The highest BCUT2D eigenvalue weighted by Crippen LogP contribution is 2.47. The molecule has 0 saturated heterocycles. The lowest BCUT2D eigenvalue weighted by molar-refractivity contribution is 1.46. The van der Waals surface area contributed by atoms with Gasteiger partial charge in [0.2, 0.25) is 0 Å². The van der Waals surface area contributed by atoms with Crippen molar-refractivity contribution < 1.29 is 0 Å². The van der Waals surface area contributed by atoms with E-state index in [1.165, 1.54) is 10.8 Å². The van der Waals surface area contributed by atoms with Gasteiger partial charge in [0.15, 0.2) is 0 Å². The topological polar surface area (TPSA) is 0 Å². The van der Waals surface area contributed by atoms with Crippen molar-refractivity contribution in [1.29, 1.82) is 0 Å². The van der Waals surface area contributed by atoms with Crippen LogP contribution in [0.5, 0.6) is 0 Å². The number of hydrogen-bond donors (Lipinski definition) is 0. The van der Waals surface area contributed by atoms with Gasteiger partial charge in [-0.2, -0.15) is 0 Å². The van der Waals surface area contributed by atoms with Crippen LogP contribution < -0.4 is 0 Å². The van der Waals surface area contributed by atoms with Crippen molar-refractivity contribution in [2.75, 3.05) is 0 Å². The van der Waals surface area contributed by atoms with Crippen molar-refractivity contribution >= 4 is 68.0 Å². The third kappa shape index (κ3) is 3.44. The van der Waals surface area contributed by atoms with E-state index in [0.717, 1.165) is 9.79 Å². The van der Waals surface area contributed by atoms with E-state index >= 15 is 0 Å². The average molecular weight is 356 g/mol. The monoisotopic (exact) mass is 354 g/mol. The second kappa shape index (κ2) is 6.65. The van der Waals surface area contributed by atoms with E-state index in [9.17, 15) is 0 Å². The van der Waals surface area contributed by atoms with E-state index < -0.39 is 0 Å². The Kier molecular flexibility index (Phi) is 5.43. The van der Waals surface area contributed by atoms with E-state index in [2.05, 4.69) is 0 Å². The lowest BCUT2D eigenvalue weighted by Gasteiger charge is -2.08. The zero-order valence-corrected chi connectivity index (χ0v) is 13.4. The zero-order chi connectivity index (χ0) is 13.1. The van der Waals surface area contributed by atoms with Gasteiger partial charge in [0.05, 0.1) is 20.1 Å². The molecule has 0 spiro atoms. The highest BCUT2D eigenvalue weighted by Gasteiger charge is 2.13. The van der Waals surface area contributed by atoms with Gasteiger partial charge in [-0.1, -0.05) is 86.2 Å². The lowest BCUT2D eigenvalue weighted by Crippen LogP contribution is -1.79. The van der Waals surface area contributed by atoms with Gasteiger partial charge in [-0.15, -0.1) is 0 Å². The van der Waals surface area contributed by atoms with Gasteiger partial charge >= 0.3 is 0 Å². The molecule has 0 aromatic heterocycles. The highest BCUT2D eigenvalue weighted by atomic mass is 35.5. The van der Waals surface area contributed by atoms with Gasteiger partial charge in [-0.25, -0.2) is 0 Å². The third-order valence-electron chi connectivity index (χ3n) is 2.04. The molecule has 0 aliphatic carbocycles. The minimum Gasteiger partial charge on any atom is -0.0826 e. The van der Waals surface area contributed by atoms with Crippen LogP contribution in [0.15, 0.2) is 46.2 Å². The van der Waals surface area contributed by atoms with Crippen LogP contribution in [0, 0.1) is 0 Å². The van der Waals surface area contributed by atoms with Crippen molar-refractivity contribution in [2.24, 2.45) is 0 Å². The molecule has 0 fully saturated rings. The summed E-state index contributed by atoms with van der Waals surface area (Å²) in [5, 5.41) is 1.42. The predicted molar refractivity (Wildman–Crippen MR) is 84.6 cm³/mol. The molecule has 2 rings (SSSR count). The van der Waals surface area contributed by atoms with Gasteiger partial charge in [0.25, 0.3) is 0 Å². The number of halogens is 4. The van der Waals surface area contributed by atoms with Gasteiger partial charge in [-0.05, 0) is 18.2 Å². The van der Waals surface area contributed by atoms with Crippen molar-refractivity contribution in [3.63, 3.8) is 0 Å². The lowest BCUT2D eigenvalue weighted by atomic mass is 10.3. The Balaban J connectivity index is 2.20. The number of hydrogen-bond acceptors (Lipinski definition) is 2. The second-order valence-electron chi connectivity index (χ2n) is 3.28. The molecular weight excluding hydrogens is 350 g/mol. The molecule has 0 radical (unpaired) electrons. The highest BCUT2D eigenvalue weighted by molar-refractivity contribution is 8.76. The van der Waals surface area contributed by atoms with Crippen LogP contribution in [-0.2, 0) is 0 Å². The standard InChI is InChI=1S/C12H6Cl4S2/c13-8-6-9(11(15)12(16)10(8)14)18-17-7-4-2-1-3-5-7/h1-6H. The van der Waals surface area contributed by atoms with Crippen molar-refractivity contribution in [1.82, 2.24) is 0 Å². The van der Waals surface area contributed by atoms with Crippen molar-refractivity contribution in [3.05, 3.63) is 56.5 Å². The number of rotatable bonds is 3. The van der Waals surface area contributed by atoms with Gasteiger partial charge < -0.3 is 0 Å². The maximum Gasteiger partial charge on any atom is 0.0805 e. The molecule has 0 saturated carbocycles. The van der Waals surface area contributed by atoms with Crippen LogP contribution in [0.25, 0.3) is 0 Å². The Morgan fingerprint density at radius 1 is 0.722 bits per heavy atom. The van der Waals surface area contributed by atoms with Crippen LogP contribution >= 0.6 is 68.0 Å². The summed E-state index contributed by atoms with van der Waals surface area (Å²) in [6.07, 6.45) is 0. The van der Waals surface area contributed by atoms with Gasteiger partial charge in [0, 0.05) is 9.79 Å². The smallest absolute Gasteiger partial charge is 0.0805 e. The summed E-state index contributed by atoms with van der Waals surface area (Å²) in [5.41, 5.74) is 0. The fraction of sp³-hybridized carbons (Fsp3) is 0. The zero-order valence-electron chi connectivity index (χ0n) is 8.79. The normalized spacial score (nSPS) is 10.7. The summed E-state index contributed by atoms with van der Waals surface area (Å²) < 4.78 is 0. The van der Waals surface area contributed by atoms with Crippen LogP contribution in [-0.4, -0.2) is 0 Å². The first kappa shape index (κ1) is 14.7. The van der Waals surface area contributed by atoms with E-state index in [1.54, 1.807) is 16.9 Å². The second-order valence-corrected chi connectivity index (χ2v) is 7.06. The van der Waals surface area contributed by atoms with E-state index in [0.29, 0.717) is 15.1 Å². The van der Waals surface area contributed by atoms with Crippen molar-refractivity contribution in [2.45, 2.75) is 9.79 Å². The number of benzene rings is 2. The Labute approximate surface area is 133 Å². The average Bonchev–Trinajstić information content (AvgIpc) is 2.40. The first-order valence-corrected chi connectivity index (χ1v) is 8.48. The minimum atomic E-state index is 0.289. The van der Waals surface area contributed by atoms with Crippen LogP contribution in [0.4, 0.5) is 0 Å². The van der Waals surface area contributed by atoms with E-state index in [1.807, 2.05) is 30.3 Å². The fourth-order valence-corrected chi connectivity index (χ4v) is 4.44.